The van der Waals surface area contributed by atoms with Crippen molar-refractivity contribution in [2.45, 2.75) is 0 Å². The van der Waals surface area contributed by atoms with Crippen LogP contribution in [0, 0.1) is 10.1 Å². The molecule has 8 nitrogen and oxygen atoms in total. The van der Waals surface area contributed by atoms with Crippen molar-refractivity contribution in [3.05, 3.63) is 52.6 Å². The SMILES string of the molecule is COc1ccc([N+](=O)[O-])cc1-c1nc(-c2cccc(O)c2)n[nH]1. The number of nitrogens with zero attached hydrogens (tertiary/aromatic N) is 3. The van der Waals surface area contributed by atoms with E-state index in [4.69, 9.17) is 4.74 Å². The molecule has 0 radical (unpaired) electrons. The fourth-order valence-electron chi connectivity index (χ4n) is 2.15. The van der Waals surface area contributed by atoms with E-state index in [2.05, 4.69) is 15.2 Å². The Morgan fingerprint density at radius 1 is 1.26 bits per heavy atom. The fourth-order valence-corrected chi connectivity index (χ4v) is 2.15. The molecule has 2 aromatic carbocycles. The molecule has 0 aliphatic rings. The number of methoxy groups -OCH3 is 1. The summed E-state index contributed by atoms with van der Waals surface area (Å²) in [6.45, 7) is 0. The number of aromatic amines is 1. The highest BCUT2D eigenvalue weighted by atomic mass is 16.6. The minimum atomic E-state index is -0.491. The van der Waals surface area contributed by atoms with Gasteiger partial charge in [-0.05, 0) is 18.2 Å². The Morgan fingerprint density at radius 3 is 2.78 bits per heavy atom. The van der Waals surface area contributed by atoms with Crippen molar-refractivity contribution in [1.82, 2.24) is 15.2 Å². The van der Waals surface area contributed by atoms with Crippen LogP contribution in [0.25, 0.3) is 22.8 Å². The minimum Gasteiger partial charge on any atom is -0.508 e. The van der Waals surface area contributed by atoms with Gasteiger partial charge in [-0.3, -0.25) is 15.2 Å². The van der Waals surface area contributed by atoms with Gasteiger partial charge in [0, 0.05) is 17.7 Å². The Balaban J connectivity index is 2.06. The van der Waals surface area contributed by atoms with Crippen molar-refractivity contribution in [2.24, 2.45) is 0 Å². The summed E-state index contributed by atoms with van der Waals surface area (Å²) in [5.41, 5.74) is 0.980. The van der Waals surface area contributed by atoms with Crippen LogP contribution in [-0.4, -0.2) is 32.3 Å². The van der Waals surface area contributed by atoms with E-state index in [0.717, 1.165) is 0 Å². The molecule has 2 N–H and O–H groups in total. The Morgan fingerprint density at radius 2 is 2.09 bits per heavy atom. The molecule has 8 heteroatoms. The summed E-state index contributed by atoms with van der Waals surface area (Å²) in [5.74, 6) is 1.24. The zero-order chi connectivity index (χ0) is 16.4. The number of nitro groups is 1. The number of nitro benzene ring substituents is 1. The van der Waals surface area contributed by atoms with Crippen molar-refractivity contribution in [1.29, 1.82) is 0 Å². The van der Waals surface area contributed by atoms with E-state index in [-0.39, 0.29) is 11.4 Å². The lowest BCUT2D eigenvalue weighted by Crippen LogP contribution is -1.93. The molecule has 0 bridgehead atoms. The Labute approximate surface area is 130 Å². The van der Waals surface area contributed by atoms with Gasteiger partial charge < -0.3 is 9.84 Å². The van der Waals surface area contributed by atoms with Crippen LogP contribution in [0.4, 0.5) is 5.69 Å². The second-order valence-corrected chi connectivity index (χ2v) is 4.70. The van der Waals surface area contributed by atoms with Gasteiger partial charge in [0.1, 0.15) is 11.5 Å². The molecule has 3 rings (SSSR count). The highest BCUT2D eigenvalue weighted by Gasteiger charge is 2.16. The minimum absolute atomic E-state index is 0.0731. The molecular weight excluding hydrogens is 300 g/mol. The standard InChI is InChI=1S/C15H12N4O4/c1-23-13-6-5-10(19(21)22)8-12(13)15-16-14(17-18-15)9-3-2-4-11(20)7-9/h2-8,20H,1H3,(H,16,17,18). The smallest absolute Gasteiger partial charge is 0.270 e. The van der Waals surface area contributed by atoms with Gasteiger partial charge in [0.05, 0.1) is 17.6 Å². The number of phenols is 1. The highest BCUT2D eigenvalue weighted by molar-refractivity contribution is 5.69. The average molecular weight is 312 g/mol. The first-order valence-corrected chi connectivity index (χ1v) is 6.63. The molecule has 0 unspecified atom stereocenters. The number of hydrogen-bond acceptors (Lipinski definition) is 6. The number of hydrogen-bond donors (Lipinski definition) is 2. The molecule has 116 valence electrons. The number of H-pyrrole nitrogens is 1. The Hall–Kier alpha value is -3.42. The zero-order valence-corrected chi connectivity index (χ0v) is 12.1. The van der Waals surface area contributed by atoms with Gasteiger partial charge in [0.2, 0.25) is 0 Å². The van der Waals surface area contributed by atoms with Crippen LogP contribution in [-0.2, 0) is 0 Å². The number of ether oxygens (including phenoxy) is 1. The summed E-state index contributed by atoms with van der Waals surface area (Å²) in [6.07, 6.45) is 0. The third kappa shape index (κ3) is 2.82. The summed E-state index contributed by atoms with van der Waals surface area (Å²) in [7, 11) is 1.47. The largest absolute Gasteiger partial charge is 0.508 e. The van der Waals surface area contributed by atoms with Gasteiger partial charge in [-0.15, -0.1) is 0 Å². The number of phenolic OH excluding ortho intramolecular Hbond substituents is 1. The van der Waals surface area contributed by atoms with Crippen molar-refractivity contribution < 1.29 is 14.8 Å². The quantitative estimate of drug-likeness (QED) is 0.565. The van der Waals surface area contributed by atoms with Crippen LogP contribution in [0.1, 0.15) is 0 Å². The van der Waals surface area contributed by atoms with Crippen molar-refractivity contribution >= 4 is 5.69 Å². The molecule has 0 atom stereocenters. The van der Waals surface area contributed by atoms with Gasteiger partial charge in [0.15, 0.2) is 11.6 Å². The fraction of sp³-hybridized carbons (Fsp3) is 0.0667. The van der Waals surface area contributed by atoms with Gasteiger partial charge in [-0.1, -0.05) is 12.1 Å². The van der Waals surface area contributed by atoms with E-state index in [1.807, 2.05) is 0 Å². The predicted octanol–water partition coefficient (Wildman–Crippen LogP) is 2.76. The first-order chi connectivity index (χ1) is 11.1. The van der Waals surface area contributed by atoms with Crippen LogP contribution < -0.4 is 4.74 Å². The summed E-state index contributed by atoms with van der Waals surface area (Å²) in [5, 5.41) is 27.3. The van der Waals surface area contributed by atoms with Crippen molar-refractivity contribution in [3.63, 3.8) is 0 Å². The van der Waals surface area contributed by atoms with E-state index in [1.165, 1.54) is 31.4 Å². The van der Waals surface area contributed by atoms with Gasteiger partial charge in [-0.2, -0.15) is 5.10 Å². The topological polar surface area (TPSA) is 114 Å². The molecule has 0 saturated heterocycles. The molecule has 3 aromatic rings. The average Bonchev–Trinajstić information content (AvgIpc) is 3.04. The normalized spacial score (nSPS) is 10.5. The number of nitrogens with one attached hydrogen (secondary N) is 1. The third-order valence-corrected chi connectivity index (χ3v) is 3.24. The molecule has 23 heavy (non-hydrogen) atoms. The highest BCUT2D eigenvalue weighted by Crippen LogP contribution is 2.32. The maximum atomic E-state index is 10.9. The molecule has 1 aromatic heterocycles. The molecule has 1 heterocycles. The molecular formula is C15H12N4O4. The number of aromatic hydroxyl groups is 1. The van der Waals surface area contributed by atoms with Crippen molar-refractivity contribution in [2.75, 3.05) is 7.11 Å². The Kier molecular flexibility index (Phi) is 3.63. The van der Waals surface area contributed by atoms with Crippen LogP contribution in [0.15, 0.2) is 42.5 Å². The lowest BCUT2D eigenvalue weighted by Gasteiger charge is -2.05. The molecule has 0 fully saturated rings. The number of benzene rings is 2. The summed E-state index contributed by atoms with van der Waals surface area (Å²) >= 11 is 0. The van der Waals surface area contributed by atoms with Gasteiger partial charge >= 0.3 is 0 Å². The van der Waals surface area contributed by atoms with Crippen LogP contribution in [0.5, 0.6) is 11.5 Å². The summed E-state index contributed by atoms with van der Waals surface area (Å²) in [6, 6.07) is 10.7. The van der Waals surface area contributed by atoms with E-state index in [9.17, 15) is 15.2 Å². The van der Waals surface area contributed by atoms with Gasteiger partial charge in [0.25, 0.3) is 5.69 Å². The van der Waals surface area contributed by atoms with E-state index >= 15 is 0 Å². The van der Waals surface area contributed by atoms with E-state index in [1.54, 1.807) is 18.2 Å². The Bertz CT molecular complexity index is 875. The molecule has 0 aliphatic heterocycles. The second kappa shape index (κ2) is 5.76. The monoisotopic (exact) mass is 312 g/mol. The number of non-ortho nitro benzene ring substituents is 1. The van der Waals surface area contributed by atoms with Crippen LogP contribution >= 0.6 is 0 Å². The molecule has 0 saturated carbocycles. The summed E-state index contributed by atoms with van der Waals surface area (Å²) in [4.78, 5) is 14.8. The lowest BCUT2D eigenvalue weighted by molar-refractivity contribution is -0.384. The lowest BCUT2D eigenvalue weighted by atomic mass is 10.1. The molecule has 0 spiro atoms. The van der Waals surface area contributed by atoms with Gasteiger partial charge in [-0.25, -0.2) is 4.98 Å². The van der Waals surface area contributed by atoms with E-state index < -0.39 is 4.92 Å². The molecule has 0 amide bonds. The third-order valence-electron chi connectivity index (χ3n) is 3.24. The van der Waals surface area contributed by atoms with Crippen LogP contribution in [0.2, 0.25) is 0 Å². The van der Waals surface area contributed by atoms with Crippen LogP contribution in [0.3, 0.4) is 0 Å². The number of aromatic nitrogens is 3. The molecule has 0 aliphatic carbocycles. The maximum absolute atomic E-state index is 10.9. The predicted molar refractivity (Wildman–Crippen MR) is 82.1 cm³/mol. The van der Waals surface area contributed by atoms with E-state index in [0.29, 0.717) is 28.5 Å². The van der Waals surface area contributed by atoms with Crippen molar-refractivity contribution in [3.8, 4) is 34.3 Å². The summed E-state index contributed by atoms with van der Waals surface area (Å²) < 4.78 is 5.22. The zero-order valence-electron chi connectivity index (χ0n) is 12.1. The maximum Gasteiger partial charge on any atom is 0.270 e. The first kappa shape index (κ1) is 14.5. The second-order valence-electron chi connectivity index (χ2n) is 4.70. The number of rotatable bonds is 4. The first-order valence-electron chi connectivity index (χ1n) is 6.63.